The van der Waals surface area contributed by atoms with E-state index in [9.17, 15) is 0 Å². The molecule has 103 valence electrons. The molecule has 0 amide bonds. The van der Waals surface area contributed by atoms with Gasteiger partial charge in [-0.15, -0.1) is 8.58 Å². The van der Waals surface area contributed by atoms with Crippen LogP contribution in [-0.4, -0.2) is 16.3 Å². The molecule has 2 unspecified atom stereocenters. The first-order valence-corrected chi connectivity index (χ1v) is 7.79. The summed E-state index contributed by atoms with van der Waals surface area (Å²) in [7, 11) is 0.922. The Labute approximate surface area is 144 Å². The first kappa shape index (κ1) is 23.9. The summed E-state index contributed by atoms with van der Waals surface area (Å²) in [5, 5.41) is 9.15. The van der Waals surface area contributed by atoms with Gasteiger partial charge in [-0.3, -0.25) is 0 Å². The molecule has 1 aromatic rings. The quantitative estimate of drug-likeness (QED) is 0.409. The first-order chi connectivity index (χ1) is 8.15. The fraction of sp³-hybridized carbons (Fsp3) is 0.538. The maximum absolute atomic E-state index is 9.15. The Balaban J connectivity index is -0.000000409. The van der Waals surface area contributed by atoms with Crippen molar-refractivity contribution in [3.63, 3.8) is 0 Å². The monoisotopic (exact) mass is 365 g/mol. The van der Waals surface area contributed by atoms with Crippen LogP contribution in [0.25, 0.3) is 0 Å². The van der Waals surface area contributed by atoms with E-state index in [-0.39, 0.29) is 32.7 Å². The molecule has 0 saturated carbocycles. The summed E-state index contributed by atoms with van der Waals surface area (Å²) in [5.41, 5.74) is 1.98. The minimum atomic E-state index is 0. The van der Waals surface area contributed by atoms with Gasteiger partial charge < -0.3 is 9.66 Å². The van der Waals surface area contributed by atoms with Crippen LogP contribution in [0.3, 0.4) is 0 Å². The molecule has 1 radical (unpaired) electrons. The first-order valence-electron chi connectivity index (χ1n) is 5.81. The molecule has 2 N–H and O–H groups in total. The van der Waals surface area contributed by atoms with E-state index >= 15 is 0 Å². The number of phenolic OH excluding ortho intramolecular Hbond substituents is 1. The van der Waals surface area contributed by atoms with Gasteiger partial charge in [0, 0.05) is 38.4 Å². The molecule has 0 aliphatic rings. The summed E-state index contributed by atoms with van der Waals surface area (Å²) in [6.45, 7) is 10.7. The summed E-state index contributed by atoms with van der Waals surface area (Å²) in [6.07, 6.45) is 0. The van der Waals surface area contributed by atoms with Crippen molar-refractivity contribution in [1.82, 2.24) is 0 Å². The Hall–Kier alpha value is 0.864. The molecule has 0 heterocycles. The van der Waals surface area contributed by atoms with Gasteiger partial charge in [0.2, 0.25) is 0 Å². The maximum atomic E-state index is 9.15. The predicted octanol–water partition coefficient (Wildman–Crippen LogP) is 4.81. The second kappa shape index (κ2) is 15.9. The van der Waals surface area contributed by atoms with Crippen LogP contribution in [0.5, 0.6) is 5.75 Å². The van der Waals surface area contributed by atoms with Gasteiger partial charge in [-0.2, -0.15) is 0 Å². The fourth-order valence-corrected chi connectivity index (χ4v) is 2.76. The SMILES string of the molecule is CC.CPC(c1ccc(O)cc1)C(C)C.OS.[Y]. The van der Waals surface area contributed by atoms with Crippen LogP contribution in [0.2, 0.25) is 0 Å². The van der Waals surface area contributed by atoms with Crippen molar-refractivity contribution in [3.05, 3.63) is 29.8 Å². The number of aromatic hydroxyl groups is 1. The third-order valence-corrected chi connectivity index (χ3v) is 3.85. The Morgan fingerprint density at radius 1 is 1.06 bits per heavy atom. The molecule has 0 fully saturated rings. The van der Waals surface area contributed by atoms with Gasteiger partial charge in [0.25, 0.3) is 0 Å². The Kier molecular flexibility index (Phi) is 21.2. The van der Waals surface area contributed by atoms with Crippen LogP contribution in [0.15, 0.2) is 24.3 Å². The van der Waals surface area contributed by atoms with E-state index < -0.39 is 0 Å². The van der Waals surface area contributed by atoms with Crippen LogP contribution in [0, 0.1) is 5.92 Å². The van der Waals surface area contributed by atoms with Crippen molar-refractivity contribution in [2.75, 3.05) is 6.66 Å². The molecule has 0 aliphatic carbocycles. The van der Waals surface area contributed by atoms with E-state index in [4.69, 9.17) is 9.66 Å². The normalized spacial score (nSPS) is 10.9. The van der Waals surface area contributed by atoms with Gasteiger partial charge in [-0.25, -0.2) is 0 Å². The number of thiol groups is 1. The summed E-state index contributed by atoms with van der Waals surface area (Å²) >= 11 is 2.53. The van der Waals surface area contributed by atoms with Crippen molar-refractivity contribution >= 4 is 21.5 Å². The van der Waals surface area contributed by atoms with Gasteiger partial charge in [0.1, 0.15) is 5.75 Å². The van der Waals surface area contributed by atoms with Crippen molar-refractivity contribution in [2.24, 2.45) is 5.92 Å². The molecule has 1 aromatic carbocycles. The zero-order valence-electron chi connectivity index (χ0n) is 11.9. The minimum Gasteiger partial charge on any atom is -0.508 e. The summed E-state index contributed by atoms with van der Waals surface area (Å²) in [5.74, 6) is 1.03. The molecule has 0 spiro atoms. The molecule has 2 nitrogen and oxygen atoms in total. The topological polar surface area (TPSA) is 40.5 Å². The summed E-state index contributed by atoms with van der Waals surface area (Å²) in [6, 6.07) is 7.59. The second-order valence-corrected chi connectivity index (χ2v) is 4.80. The van der Waals surface area contributed by atoms with Gasteiger partial charge in [-0.1, -0.05) is 39.8 Å². The van der Waals surface area contributed by atoms with E-state index in [0.29, 0.717) is 17.3 Å². The van der Waals surface area contributed by atoms with Gasteiger partial charge in [0.05, 0.1) is 0 Å². The number of hydrogen-bond donors (Lipinski definition) is 3. The number of rotatable bonds is 3. The molecule has 18 heavy (non-hydrogen) atoms. The third-order valence-electron chi connectivity index (χ3n) is 2.23. The van der Waals surface area contributed by atoms with E-state index in [1.54, 1.807) is 12.1 Å². The second-order valence-electron chi connectivity index (χ2n) is 3.60. The molecule has 0 aliphatic heterocycles. The predicted molar refractivity (Wildman–Crippen MR) is 82.9 cm³/mol. The minimum absolute atomic E-state index is 0. The summed E-state index contributed by atoms with van der Waals surface area (Å²) in [4.78, 5) is 0. The molecule has 2 atom stereocenters. The van der Waals surface area contributed by atoms with E-state index in [0.717, 1.165) is 8.58 Å². The van der Waals surface area contributed by atoms with Crippen LogP contribution >= 0.6 is 21.5 Å². The van der Waals surface area contributed by atoms with E-state index in [2.05, 4.69) is 33.4 Å². The zero-order valence-corrected chi connectivity index (χ0v) is 16.6. The number of phenols is 1. The molecule has 0 bridgehead atoms. The van der Waals surface area contributed by atoms with Gasteiger partial charge in [0.15, 0.2) is 0 Å². The van der Waals surface area contributed by atoms with Crippen molar-refractivity contribution < 1.29 is 42.4 Å². The molecular weight excluding hydrogens is 340 g/mol. The van der Waals surface area contributed by atoms with Crippen LogP contribution in [0.4, 0.5) is 0 Å². The third kappa shape index (κ3) is 9.75. The zero-order chi connectivity index (χ0) is 13.8. The van der Waals surface area contributed by atoms with Crippen LogP contribution in [0.1, 0.15) is 38.9 Å². The average molecular weight is 365 g/mol. The summed E-state index contributed by atoms with van der Waals surface area (Å²) < 4.78 is 6.69. The van der Waals surface area contributed by atoms with Crippen LogP contribution < -0.4 is 0 Å². The number of hydrogen-bond acceptors (Lipinski definition) is 3. The van der Waals surface area contributed by atoms with Crippen LogP contribution in [-0.2, 0) is 32.7 Å². The Morgan fingerprint density at radius 3 is 1.72 bits per heavy atom. The van der Waals surface area contributed by atoms with E-state index in [1.807, 2.05) is 26.0 Å². The Bertz CT molecular complexity index is 268. The van der Waals surface area contributed by atoms with Crippen molar-refractivity contribution in [2.45, 2.75) is 33.4 Å². The standard InChI is InChI=1S/C11H17OP.C2H6.H2OS.Y/c1-8(2)11(13-3)9-4-6-10(12)7-5-9;2*1-2;/h4-8,11-13H,1-3H3;1-2H3;1-2H;. The molecule has 0 saturated heterocycles. The van der Waals surface area contributed by atoms with Gasteiger partial charge >= 0.3 is 0 Å². The molecule has 0 aromatic heterocycles. The molecule has 5 heteroatoms. The molecular formula is C13H25O2PSY. The van der Waals surface area contributed by atoms with Gasteiger partial charge in [-0.05, 0) is 43.2 Å². The molecule has 1 rings (SSSR count). The van der Waals surface area contributed by atoms with E-state index in [1.165, 1.54) is 5.56 Å². The smallest absolute Gasteiger partial charge is 0.115 e. The largest absolute Gasteiger partial charge is 0.508 e. The van der Waals surface area contributed by atoms with Crippen molar-refractivity contribution in [1.29, 1.82) is 0 Å². The maximum Gasteiger partial charge on any atom is 0.115 e. The van der Waals surface area contributed by atoms with Crippen molar-refractivity contribution in [3.8, 4) is 5.75 Å². The fourth-order valence-electron chi connectivity index (χ4n) is 1.57. The number of benzene rings is 1. The average Bonchev–Trinajstić information content (AvgIpc) is 2.37. The Morgan fingerprint density at radius 2 is 1.44 bits per heavy atom.